The first kappa shape index (κ1) is 36.6. The third-order valence-corrected chi connectivity index (χ3v) is 7.05. The SMILES string of the molecule is CN(C)CCOc1ccc(-c2ccc(C(=O)NCCc3ccc4[nH]c(C(=O)OC(C)(C)C)c(C(=N)NC(=O)OC(C)(C)C)c4c3)cc2)cn1. The summed E-state index contributed by atoms with van der Waals surface area (Å²) in [4.78, 5) is 48.1. The molecule has 0 saturated carbocycles. The molecule has 0 fully saturated rings. The number of esters is 1. The van der Waals surface area contributed by atoms with Gasteiger partial charge in [0.2, 0.25) is 5.88 Å². The number of aromatic amines is 1. The first-order valence-electron chi connectivity index (χ1n) is 16.1. The van der Waals surface area contributed by atoms with Crippen LogP contribution in [0.2, 0.25) is 0 Å². The lowest BCUT2D eigenvalue weighted by Crippen LogP contribution is -2.37. The van der Waals surface area contributed by atoms with Crippen LogP contribution in [0.4, 0.5) is 4.79 Å². The van der Waals surface area contributed by atoms with Crippen molar-refractivity contribution >= 4 is 34.7 Å². The molecule has 260 valence electrons. The van der Waals surface area contributed by atoms with Gasteiger partial charge in [-0.25, -0.2) is 14.6 Å². The largest absolute Gasteiger partial charge is 0.476 e. The molecular weight excluding hydrogens is 624 g/mol. The number of ether oxygens (including phenoxy) is 3. The number of carbonyl (C=O) groups excluding carboxylic acids is 3. The monoisotopic (exact) mass is 670 g/mol. The molecule has 49 heavy (non-hydrogen) atoms. The number of nitrogens with one attached hydrogen (secondary N) is 4. The number of hydrogen-bond donors (Lipinski definition) is 4. The Balaban J connectivity index is 1.43. The third kappa shape index (κ3) is 10.6. The summed E-state index contributed by atoms with van der Waals surface area (Å²) in [7, 11) is 3.97. The van der Waals surface area contributed by atoms with Gasteiger partial charge < -0.3 is 29.4 Å². The molecule has 12 nitrogen and oxygen atoms in total. The fourth-order valence-electron chi connectivity index (χ4n) is 4.81. The van der Waals surface area contributed by atoms with Gasteiger partial charge in [-0.2, -0.15) is 0 Å². The highest BCUT2D eigenvalue weighted by Gasteiger charge is 2.28. The number of aromatic nitrogens is 2. The van der Waals surface area contributed by atoms with Gasteiger partial charge in [0, 0.05) is 47.4 Å². The molecule has 0 aliphatic rings. The number of fused-ring (bicyclic) bond motifs is 1. The van der Waals surface area contributed by atoms with E-state index in [1.165, 1.54) is 0 Å². The summed E-state index contributed by atoms with van der Waals surface area (Å²) in [5.41, 5.74) is 2.47. The molecule has 0 aliphatic carbocycles. The molecule has 0 aliphatic heterocycles. The predicted molar refractivity (Wildman–Crippen MR) is 189 cm³/mol. The number of likely N-dealkylation sites (N-methyl/N-ethyl adjacent to an activating group) is 1. The lowest BCUT2D eigenvalue weighted by Gasteiger charge is -2.21. The van der Waals surface area contributed by atoms with Crippen LogP contribution in [0.3, 0.4) is 0 Å². The minimum atomic E-state index is -0.816. The van der Waals surface area contributed by atoms with Crippen LogP contribution in [0.1, 0.15) is 73.5 Å². The number of benzene rings is 2. The van der Waals surface area contributed by atoms with Crippen LogP contribution in [0.25, 0.3) is 22.0 Å². The van der Waals surface area contributed by atoms with Crippen molar-refractivity contribution < 1.29 is 28.6 Å². The van der Waals surface area contributed by atoms with Gasteiger partial charge in [0.1, 0.15) is 29.3 Å². The Bertz CT molecular complexity index is 1800. The van der Waals surface area contributed by atoms with Gasteiger partial charge in [-0.1, -0.05) is 18.2 Å². The molecule has 0 atom stereocenters. The fraction of sp³-hybridized carbons (Fsp3) is 0.378. The standard InChI is InChI=1S/C37H46N6O6/c1-36(2,3)48-34(45)31-30(32(38)42-35(46)49-37(4,5)6)27-21-23(9-15-28(27)41-31)17-18-39-33(44)25-12-10-24(11-13-25)26-14-16-29(40-22-26)47-20-19-43(7)8/h9-16,21-22,41H,17-20H2,1-8H3,(H,39,44)(H2,38,42,46). The Labute approximate surface area is 287 Å². The summed E-state index contributed by atoms with van der Waals surface area (Å²) in [5.74, 6) is -0.622. The van der Waals surface area contributed by atoms with E-state index < -0.39 is 23.3 Å². The van der Waals surface area contributed by atoms with E-state index in [1.807, 2.05) is 55.4 Å². The zero-order chi connectivity index (χ0) is 35.9. The van der Waals surface area contributed by atoms with E-state index in [9.17, 15) is 14.4 Å². The molecule has 4 N–H and O–H groups in total. The number of alkyl carbamates (subject to hydrolysis) is 1. The van der Waals surface area contributed by atoms with E-state index >= 15 is 0 Å². The second kappa shape index (κ2) is 15.3. The Kier molecular flexibility index (Phi) is 11.5. The fourth-order valence-corrected chi connectivity index (χ4v) is 4.81. The van der Waals surface area contributed by atoms with Crippen LogP contribution in [0.15, 0.2) is 60.8 Å². The molecule has 0 spiro atoms. The second-order valence-corrected chi connectivity index (χ2v) is 13.9. The molecule has 2 heterocycles. The summed E-state index contributed by atoms with van der Waals surface area (Å²) in [6, 6.07) is 16.6. The van der Waals surface area contributed by atoms with Gasteiger partial charge in [0.25, 0.3) is 5.91 Å². The van der Waals surface area contributed by atoms with Crippen LogP contribution in [0, 0.1) is 5.41 Å². The summed E-state index contributed by atoms with van der Waals surface area (Å²) in [5, 5.41) is 14.6. The van der Waals surface area contributed by atoms with Crippen LogP contribution in [0.5, 0.6) is 5.88 Å². The smallest absolute Gasteiger partial charge is 0.413 e. The quantitative estimate of drug-likeness (QED) is 0.0866. The zero-order valence-corrected chi connectivity index (χ0v) is 29.4. The van der Waals surface area contributed by atoms with Crippen molar-refractivity contribution in [1.29, 1.82) is 5.41 Å². The molecule has 2 aromatic heterocycles. The first-order chi connectivity index (χ1) is 23.0. The van der Waals surface area contributed by atoms with E-state index in [0.717, 1.165) is 23.2 Å². The zero-order valence-electron chi connectivity index (χ0n) is 29.4. The van der Waals surface area contributed by atoms with Gasteiger partial charge in [-0.05, 0) is 104 Å². The molecule has 4 aromatic rings. The minimum Gasteiger partial charge on any atom is -0.476 e. The molecular formula is C37H46N6O6. The third-order valence-electron chi connectivity index (χ3n) is 7.05. The highest BCUT2D eigenvalue weighted by atomic mass is 16.6. The van der Waals surface area contributed by atoms with Gasteiger partial charge in [0.15, 0.2) is 0 Å². The Morgan fingerprint density at radius 2 is 1.57 bits per heavy atom. The lowest BCUT2D eigenvalue weighted by molar-refractivity contribution is 0.00629. The van der Waals surface area contributed by atoms with Crippen LogP contribution >= 0.6 is 0 Å². The molecule has 0 saturated heterocycles. The van der Waals surface area contributed by atoms with Crippen molar-refractivity contribution in [2.75, 3.05) is 33.8 Å². The lowest BCUT2D eigenvalue weighted by atomic mass is 10.0. The maximum Gasteiger partial charge on any atom is 0.413 e. The van der Waals surface area contributed by atoms with Gasteiger partial charge in [-0.3, -0.25) is 15.5 Å². The van der Waals surface area contributed by atoms with Crippen molar-refractivity contribution in [2.24, 2.45) is 0 Å². The summed E-state index contributed by atoms with van der Waals surface area (Å²) >= 11 is 0. The number of hydrogen-bond acceptors (Lipinski definition) is 9. The Morgan fingerprint density at radius 3 is 2.18 bits per heavy atom. The van der Waals surface area contributed by atoms with Gasteiger partial charge in [0.05, 0.1) is 5.56 Å². The molecule has 0 bridgehead atoms. The number of amides is 2. The molecule has 0 radical (unpaired) electrons. The summed E-state index contributed by atoms with van der Waals surface area (Å²) < 4.78 is 16.6. The summed E-state index contributed by atoms with van der Waals surface area (Å²) in [6.45, 7) is 12.1. The van der Waals surface area contributed by atoms with E-state index in [1.54, 1.807) is 65.9 Å². The number of rotatable bonds is 11. The maximum absolute atomic E-state index is 13.2. The molecule has 2 amide bonds. The number of nitrogens with zero attached hydrogens (tertiary/aromatic N) is 2. The van der Waals surface area contributed by atoms with Crippen LogP contribution in [-0.2, 0) is 15.9 Å². The van der Waals surface area contributed by atoms with Crippen molar-refractivity contribution in [3.05, 3.63) is 83.2 Å². The summed E-state index contributed by atoms with van der Waals surface area (Å²) in [6.07, 6.45) is 1.41. The Hall–Kier alpha value is -5.23. The topological polar surface area (TPSA) is 159 Å². The maximum atomic E-state index is 13.2. The predicted octanol–water partition coefficient (Wildman–Crippen LogP) is 5.95. The first-order valence-corrected chi connectivity index (χ1v) is 16.1. The van der Waals surface area contributed by atoms with Crippen molar-refractivity contribution in [2.45, 2.75) is 59.2 Å². The highest BCUT2D eigenvalue weighted by molar-refractivity contribution is 6.18. The number of amidine groups is 1. The average Bonchev–Trinajstić information content (AvgIpc) is 3.39. The van der Waals surface area contributed by atoms with Crippen molar-refractivity contribution in [3.8, 4) is 17.0 Å². The Morgan fingerprint density at radius 1 is 0.898 bits per heavy atom. The normalized spacial score (nSPS) is 11.7. The van der Waals surface area contributed by atoms with Crippen molar-refractivity contribution in [1.82, 2.24) is 25.5 Å². The minimum absolute atomic E-state index is 0.0416. The molecule has 2 aromatic carbocycles. The molecule has 0 unspecified atom stereocenters. The van der Waals surface area contributed by atoms with Crippen LogP contribution in [-0.4, -0.2) is 83.7 Å². The van der Waals surface area contributed by atoms with Gasteiger partial charge >= 0.3 is 12.1 Å². The van der Waals surface area contributed by atoms with E-state index in [-0.39, 0.29) is 23.0 Å². The van der Waals surface area contributed by atoms with E-state index in [0.29, 0.717) is 41.9 Å². The number of carbonyl (C=O) groups is 3. The van der Waals surface area contributed by atoms with E-state index in [2.05, 4.69) is 20.6 Å². The highest BCUT2D eigenvalue weighted by Crippen LogP contribution is 2.27. The second-order valence-electron chi connectivity index (χ2n) is 13.9. The van der Waals surface area contributed by atoms with Crippen LogP contribution < -0.4 is 15.4 Å². The van der Waals surface area contributed by atoms with Gasteiger partial charge in [-0.15, -0.1) is 0 Å². The number of pyridine rings is 1. The number of H-pyrrole nitrogens is 1. The van der Waals surface area contributed by atoms with Crippen molar-refractivity contribution in [3.63, 3.8) is 0 Å². The average molecular weight is 671 g/mol. The van der Waals surface area contributed by atoms with E-state index in [4.69, 9.17) is 19.6 Å². The molecule has 12 heteroatoms. The molecule has 4 rings (SSSR count).